The molecule has 1 rings (SSSR count). The van der Waals surface area contributed by atoms with Gasteiger partial charge in [0.1, 0.15) is 0 Å². The molecule has 0 aliphatic heterocycles. The molecule has 1 aromatic carbocycles. The van der Waals surface area contributed by atoms with Gasteiger partial charge in [0.15, 0.2) is 0 Å². The van der Waals surface area contributed by atoms with E-state index >= 15 is 0 Å². The Labute approximate surface area is 157 Å². The van der Waals surface area contributed by atoms with Crippen molar-refractivity contribution in [2.24, 2.45) is 5.92 Å². The van der Waals surface area contributed by atoms with E-state index in [0.29, 0.717) is 19.6 Å². The highest BCUT2D eigenvalue weighted by atomic mass is 19.4. The van der Waals surface area contributed by atoms with Crippen molar-refractivity contribution < 1.29 is 32.2 Å². The van der Waals surface area contributed by atoms with Gasteiger partial charge in [-0.3, -0.25) is 9.59 Å². The van der Waals surface area contributed by atoms with Crippen LogP contribution in [0.3, 0.4) is 0 Å². The summed E-state index contributed by atoms with van der Waals surface area (Å²) in [6.07, 6.45) is -3.87. The van der Waals surface area contributed by atoms with Crippen LogP contribution in [0.5, 0.6) is 0 Å². The quantitative estimate of drug-likeness (QED) is 0.477. The Bertz CT molecular complexity index is 614. The van der Waals surface area contributed by atoms with Crippen LogP contribution in [0.1, 0.15) is 43.1 Å². The van der Waals surface area contributed by atoms with Crippen molar-refractivity contribution in [3.8, 4) is 0 Å². The number of carbonyl (C=O) groups excluding carboxylic acids is 2. The molecule has 0 bridgehead atoms. The van der Waals surface area contributed by atoms with E-state index in [0.717, 1.165) is 24.3 Å². The van der Waals surface area contributed by atoms with E-state index < -0.39 is 29.5 Å². The molecule has 5 nitrogen and oxygen atoms in total. The van der Waals surface area contributed by atoms with E-state index in [4.69, 9.17) is 4.74 Å². The molecule has 1 atom stereocenters. The van der Waals surface area contributed by atoms with Gasteiger partial charge in [-0.2, -0.15) is 13.2 Å². The number of alkyl halides is 3. The Morgan fingerprint density at radius 2 is 1.70 bits per heavy atom. The van der Waals surface area contributed by atoms with E-state index in [1.807, 2.05) is 13.8 Å². The van der Waals surface area contributed by atoms with Gasteiger partial charge in [-0.25, -0.2) is 0 Å². The lowest BCUT2D eigenvalue weighted by atomic mass is 10.1. The summed E-state index contributed by atoms with van der Waals surface area (Å²) in [5.41, 5.74) is -0.691. The van der Waals surface area contributed by atoms with Crippen LogP contribution in [0, 0.1) is 5.92 Å². The van der Waals surface area contributed by atoms with Gasteiger partial charge in [0.25, 0.3) is 5.91 Å². The van der Waals surface area contributed by atoms with Crippen LogP contribution in [0.4, 0.5) is 13.2 Å². The molecule has 1 amide bonds. The van der Waals surface area contributed by atoms with Crippen LogP contribution in [0.25, 0.3) is 0 Å². The normalized spacial score (nSPS) is 12.7. The van der Waals surface area contributed by atoms with Crippen LogP contribution in [0.15, 0.2) is 24.3 Å². The molecule has 0 spiro atoms. The largest absolute Gasteiger partial charge is 0.469 e. The summed E-state index contributed by atoms with van der Waals surface area (Å²) in [6.45, 7) is 6.27. The molecule has 0 fully saturated rings. The van der Waals surface area contributed by atoms with Crippen LogP contribution in [-0.4, -0.2) is 49.7 Å². The van der Waals surface area contributed by atoms with Gasteiger partial charge in [-0.1, -0.05) is 6.92 Å². The first-order chi connectivity index (χ1) is 12.6. The van der Waals surface area contributed by atoms with E-state index in [1.54, 1.807) is 6.92 Å². The minimum absolute atomic E-state index is 0.0538. The second kappa shape index (κ2) is 10.3. The zero-order valence-electron chi connectivity index (χ0n) is 16.0. The highest BCUT2D eigenvalue weighted by Crippen LogP contribution is 2.29. The molecular weight excluding hydrogens is 363 g/mol. The molecule has 0 radical (unpaired) electrons. The van der Waals surface area contributed by atoms with E-state index in [9.17, 15) is 22.8 Å². The third kappa shape index (κ3) is 7.58. The van der Waals surface area contributed by atoms with E-state index in [2.05, 4.69) is 4.74 Å². The summed E-state index contributed by atoms with van der Waals surface area (Å²) in [5, 5.41) is 0. The third-order valence-corrected chi connectivity index (χ3v) is 3.87. The molecule has 0 aliphatic carbocycles. The van der Waals surface area contributed by atoms with Crippen molar-refractivity contribution in [1.29, 1.82) is 0 Å². The van der Waals surface area contributed by atoms with Gasteiger partial charge in [0.2, 0.25) is 0 Å². The van der Waals surface area contributed by atoms with Crippen LogP contribution in [-0.2, 0) is 20.4 Å². The van der Waals surface area contributed by atoms with Gasteiger partial charge in [-0.05, 0) is 44.5 Å². The number of nitrogens with zero attached hydrogens (tertiary/aromatic N) is 1. The van der Waals surface area contributed by atoms with Crippen molar-refractivity contribution in [2.45, 2.75) is 39.5 Å². The topological polar surface area (TPSA) is 55.8 Å². The summed E-state index contributed by atoms with van der Waals surface area (Å²) in [6, 6.07) is 4.03. The van der Waals surface area contributed by atoms with Crippen molar-refractivity contribution in [3.63, 3.8) is 0 Å². The van der Waals surface area contributed by atoms with Gasteiger partial charge in [-0.15, -0.1) is 0 Å². The minimum atomic E-state index is -4.46. The second-order valence-electron chi connectivity index (χ2n) is 6.52. The molecule has 0 aromatic heterocycles. The Morgan fingerprint density at radius 3 is 2.19 bits per heavy atom. The first-order valence-corrected chi connectivity index (χ1v) is 8.72. The molecule has 0 saturated carbocycles. The van der Waals surface area contributed by atoms with Crippen molar-refractivity contribution in [3.05, 3.63) is 35.4 Å². The number of esters is 1. The molecule has 0 N–H and O–H groups in total. The predicted octanol–water partition coefficient (Wildman–Crippen LogP) is 3.77. The van der Waals surface area contributed by atoms with Crippen molar-refractivity contribution >= 4 is 11.9 Å². The molecule has 0 aliphatic rings. The summed E-state index contributed by atoms with van der Waals surface area (Å²) < 4.78 is 48.2. The highest BCUT2D eigenvalue weighted by Gasteiger charge is 2.30. The van der Waals surface area contributed by atoms with Crippen LogP contribution in [0.2, 0.25) is 0 Å². The predicted molar refractivity (Wildman–Crippen MR) is 94.2 cm³/mol. The average molecular weight is 389 g/mol. The fourth-order valence-electron chi connectivity index (χ4n) is 2.44. The highest BCUT2D eigenvalue weighted by molar-refractivity contribution is 5.94. The smallest absolute Gasteiger partial charge is 0.416 e. The van der Waals surface area contributed by atoms with Crippen molar-refractivity contribution in [2.75, 3.05) is 26.8 Å². The second-order valence-corrected chi connectivity index (χ2v) is 6.52. The number of methoxy groups -OCH3 is 1. The maximum atomic E-state index is 12.7. The third-order valence-electron chi connectivity index (χ3n) is 3.87. The zero-order chi connectivity index (χ0) is 20.6. The number of ether oxygens (including phenoxy) is 2. The zero-order valence-corrected chi connectivity index (χ0v) is 16.0. The Hall–Kier alpha value is -2.09. The lowest BCUT2D eigenvalue weighted by molar-refractivity contribution is -0.145. The molecule has 0 saturated heterocycles. The molecular formula is C19H26F3NO4. The number of hydrogen-bond donors (Lipinski definition) is 0. The lowest BCUT2D eigenvalue weighted by Gasteiger charge is -2.25. The van der Waals surface area contributed by atoms with Gasteiger partial charge in [0, 0.05) is 25.3 Å². The number of carbonyl (C=O) groups is 2. The fraction of sp³-hybridized carbons (Fsp3) is 0.579. The van der Waals surface area contributed by atoms with Crippen LogP contribution >= 0.6 is 0 Å². The maximum Gasteiger partial charge on any atom is 0.416 e. The molecule has 1 aromatic rings. The van der Waals surface area contributed by atoms with Gasteiger partial charge in [0.05, 0.1) is 24.7 Å². The van der Waals surface area contributed by atoms with Crippen molar-refractivity contribution in [1.82, 2.24) is 4.90 Å². The Morgan fingerprint density at radius 1 is 1.11 bits per heavy atom. The average Bonchev–Trinajstić information content (AvgIpc) is 2.61. The summed E-state index contributed by atoms with van der Waals surface area (Å²) >= 11 is 0. The van der Waals surface area contributed by atoms with Crippen LogP contribution < -0.4 is 0 Å². The van der Waals surface area contributed by atoms with Gasteiger partial charge < -0.3 is 14.4 Å². The molecule has 1 unspecified atom stereocenters. The van der Waals surface area contributed by atoms with Gasteiger partial charge >= 0.3 is 12.1 Å². The number of amides is 1. The van der Waals surface area contributed by atoms with E-state index in [1.165, 1.54) is 12.0 Å². The molecule has 152 valence electrons. The SMILES string of the molecule is COC(=O)C(C)CN(CCCOC(C)C)C(=O)c1ccc(C(F)(F)F)cc1. The summed E-state index contributed by atoms with van der Waals surface area (Å²) in [4.78, 5) is 25.8. The number of halogens is 3. The number of hydrogen-bond acceptors (Lipinski definition) is 4. The molecule has 0 heterocycles. The molecule has 27 heavy (non-hydrogen) atoms. The van der Waals surface area contributed by atoms with E-state index in [-0.39, 0.29) is 18.2 Å². The first-order valence-electron chi connectivity index (χ1n) is 8.72. The fourth-order valence-corrected chi connectivity index (χ4v) is 2.44. The summed E-state index contributed by atoms with van der Waals surface area (Å²) in [7, 11) is 1.26. The maximum absolute atomic E-state index is 12.7. The lowest BCUT2D eigenvalue weighted by Crippen LogP contribution is -2.38. The minimum Gasteiger partial charge on any atom is -0.469 e. The number of benzene rings is 1. The monoisotopic (exact) mass is 389 g/mol. The first kappa shape index (κ1) is 23.0. The standard InChI is InChI=1S/C19H26F3NO4/c1-13(2)27-11-5-10-23(12-14(3)18(25)26-4)17(24)15-6-8-16(9-7-15)19(20,21)22/h6-9,13-14H,5,10-12H2,1-4H3. The Balaban J connectivity index is 2.88. The Kier molecular flexibility index (Phi) is 8.75. The summed E-state index contributed by atoms with van der Waals surface area (Å²) in [5.74, 6) is -1.46. The number of rotatable bonds is 9. The molecule has 8 heteroatoms.